The second-order valence-electron chi connectivity index (χ2n) is 10.4. The number of aromatic hydroxyl groups is 1. The molecule has 0 aliphatic heterocycles. The molecule has 214 valence electrons. The number of nitrogens with zero attached hydrogens (tertiary/aromatic N) is 4. The number of hydrogen-bond donors (Lipinski definition) is 2. The molecule has 42 heavy (non-hydrogen) atoms. The van der Waals surface area contributed by atoms with Crippen LogP contribution in [0.1, 0.15) is 15.9 Å². The van der Waals surface area contributed by atoms with Gasteiger partial charge >= 0.3 is 0 Å². The fraction of sp³-hybridized carbons (Fsp3) is 0.176. The maximum absolute atomic E-state index is 14.4. The molecule has 0 spiro atoms. The number of aromatic nitrogens is 2. The van der Waals surface area contributed by atoms with Gasteiger partial charge in [0.05, 0.1) is 25.1 Å². The highest BCUT2D eigenvalue weighted by molar-refractivity contribution is 6.03. The summed E-state index contributed by atoms with van der Waals surface area (Å²) in [6.45, 7) is -0.416. The van der Waals surface area contributed by atoms with Crippen LogP contribution in [0.4, 0.5) is 11.4 Å². The zero-order chi connectivity index (χ0) is 30.0. The summed E-state index contributed by atoms with van der Waals surface area (Å²) in [5.74, 6) is 0.107. The first-order valence-electron chi connectivity index (χ1n) is 13.5. The van der Waals surface area contributed by atoms with Crippen LogP contribution >= 0.6 is 0 Å². The highest BCUT2D eigenvalue weighted by atomic mass is 16.5. The standard InChI is InChI=1S/C34H34N4O4/c1-36(2)27-15-11-22(12-16-27)30-31(23-13-17-28(18-14-23)37(3)4)38(34(41)24-9-7-6-8-10-24)33(35-30)25-19-26(21-39)32(40)29(20-25)42-5/h6-20,39-40H,21H2,1-5H3. The van der Waals surface area contributed by atoms with Gasteiger partial charge in [-0.05, 0) is 48.5 Å². The molecule has 0 aliphatic rings. The number of carbonyl (C=O) groups is 1. The van der Waals surface area contributed by atoms with Gasteiger partial charge in [0.15, 0.2) is 11.5 Å². The van der Waals surface area contributed by atoms with Crippen molar-refractivity contribution in [3.8, 4) is 45.4 Å². The van der Waals surface area contributed by atoms with E-state index in [1.165, 1.54) is 7.11 Å². The molecule has 4 aromatic carbocycles. The Balaban J connectivity index is 1.86. The fourth-order valence-corrected chi connectivity index (χ4v) is 4.89. The number of benzene rings is 4. The third-order valence-corrected chi connectivity index (χ3v) is 7.22. The van der Waals surface area contributed by atoms with E-state index in [1.807, 2.05) is 105 Å². The number of imidazole rings is 1. The van der Waals surface area contributed by atoms with E-state index in [9.17, 15) is 15.0 Å². The summed E-state index contributed by atoms with van der Waals surface area (Å²) in [5, 5.41) is 20.6. The van der Waals surface area contributed by atoms with Crippen LogP contribution in [0.25, 0.3) is 33.9 Å². The molecule has 1 aromatic heterocycles. The average Bonchev–Trinajstić information content (AvgIpc) is 3.42. The number of carbonyl (C=O) groups excluding carboxylic acids is 1. The first-order chi connectivity index (χ1) is 20.2. The molecule has 0 unspecified atom stereocenters. The Kier molecular flexibility index (Phi) is 7.99. The van der Waals surface area contributed by atoms with Crippen molar-refractivity contribution in [2.24, 2.45) is 0 Å². The van der Waals surface area contributed by atoms with Crippen molar-refractivity contribution in [1.82, 2.24) is 9.55 Å². The summed E-state index contributed by atoms with van der Waals surface area (Å²) in [6.07, 6.45) is 0. The molecule has 5 rings (SSSR count). The Bertz CT molecular complexity index is 1680. The largest absolute Gasteiger partial charge is 0.504 e. The molecule has 0 amide bonds. The van der Waals surface area contributed by atoms with E-state index in [1.54, 1.807) is 28.8 Å². The van der Waals surface area contributed by atoms with E-state index < -0.39 is 6.61 Å². The quantitative estimate of drug-likeness (QED) is 0.243. The highest BCUT2D eigenvalue weighted by Gasteiger charge is 2.27. The smallest absolute Gasteiger partial charge is 0.264 e. The van der Waals surface area contributed by atoms with Gasteiger partial charge < -0.3 is 24.7 Å². The van der Waals surface area contributed by atoms with E-state index in [0.717, 1.165) is 22.5 Å². The zero-order valence-corrected chi connectivity index (χ0v) is 24.4. The van der Waals surface area contributed by atoms with Crippen LogP contribution in [-0.4, -0.2) is 61.0 Å². The molecule has 2 N–H and O–H groups in total. The van der Waals surface area contributed by atoms with Crippen molar-refractivity contribution < 1.29 is 19.7 Å². The first-order valence-corrected chi connectivity index (χ1v) is 13.5. The minimum atomic E-state index is -0.416. The summed E-state index contributed by atoms with van der Waals surface area (Å²) in [7, 11) is 9.36. The molecule has 0 radical (unpaired) electrons. The predicted octanol–water partition coefficient (Wildman–Crippen LogP) is 5.91. The maximum atomic E-state index is 14.4. The summed E-state index contributed by atoms with van der Waals surface area (Å²) in [5.41, 5.74) is 6.21. The van der Waals surface area contributed by atoms with Crippen LogP contribution in [0.5, 0.6) is 11.5 Å². The summed E-state index contributed by atoms with van der Waals surface area (Å²) in [4.78, 5) is 23.5. The zero-order valence-electron chi connectivity index (χ0n) is 24.4. The third kappa shape index (κ3) is 5.32. The second-order valence-corrected chi connectivity index (χ2v) is 10.4. The molecular weight excluding hydrogens is 528 g/mol. The summed E-state index contributed by atoms with van der Waals surface area (Å²) < 4.78 is 7.03. The lowest BCUT2D eigenvalue weighted by atomic mass is 10.0. The summed E-state index contributed by atoms with van der Waals surface area (Å²) >= 11 is 0. The minimum Gasteiger partial charge on any atom is -0.504 e. The average molecular weight is 563 g/mol. The molecule has 5 aromatic rings. The van der Waals surface area contributed by atoms with Gasteiger partial charge in [-0.25, -0.2) is 4.98 Å². The van der Waals surface area contributed by atoms with E-state index >= 15 is 0 Å². The van der Waals surface area contributed by atoms with Crippen LogP contribution in [0.15, 0.2) is 91.0 Å². The Labute approximate surface area is 245 Å². The molecule has 0 saturated carbocycles. The van der Waals surface area contributed by atoms with E-state index in [4.69, 9.17) is 9.72 Å². The first kappa shape index (κ1) is 28.4. The molecule has 1 heterocycles. The van der Waals surface area contributed by atoms with Crippen molar-refractivity contribution >= 4 is 17.3 Å². The van der Waals surface area contributed by atoms with Gasteiger partial charge in [-0.15, -0.1) is 0 Å². The number of aliphatic hydroxyl groups is 1. The van der Waals surface area contributed by atoms with Crippen LogP contribution in [0.3, 0.4) is 0 Å². The second kappa shape index (κ2) is 11.8. The lowest BCUT2D eigenvalue weighted by Gasteiger charge is -2.16. The van der Waals surface area contributed by atoms with Gasteiger partial charge in [0.1, 0.15) is 5.82 Å². The van der Waals surface area contributed by atoms with Gasteiger partial charge in [-0.1, -0.05) is 42.5 Å². The van der Waals surface area contributed by atoms with Gasteiger partial charge in [0.2, 0.25) is 0 Å². The fourth-order valence-electron chi connectivity index (χ4n) is 4.89. The van der Waals surface area contributed by atoms with Gasteiger partial charge in [-0.2, -0.15) is 0 Å². The minimum absolute atomic E-state index is 0.157. The number of anilines is 2. The van der Waals surface area contributed by atoms with Crippen LogP contribution in [-0.2, 0) is 6.61 Å². The molecule has 0 atom stereocenters. The van der Waals surface area contributed by atoms with Gasteiger partial charge in [0.25, 0.3) is 5.91 Å². The van der Waals surface area contributed by atoms with E-state index in [2.05, 4.69) is 0 Å². The Morgan fingerprint density at radius 3 is 1.90 bits per heavy atom. The Morgan fingerprint density at radius 1 is 0.810 bits per heavy atom. The molecular formula is C34H34N4O4. The Hall–Kier alpha value is -5.08. The highest BCUT2D eigenvalue weighted by Crippen LogP contribution is 2.41. The lowest BCUT2D eigenvalue weighted by molar-refractivity contribution is 0.0963. The summed E-state index contributed by atoms with van der Waals surface area (Å²) in [6, 6.07) is 28.3. The number of hydrogen-bond acceptors (Lipinski definition) is 7. The lowest BCUT2D eigenvalue weighted by Crippen LogP contribution is -2.15. The van der Waals surface area contributed by atoms with Crippen LogP contribution < -0.4 is 14.5 Å². The monoisotopic (exact) mass is 562 g/mol. The van der Waals surface area contributed by atoms with Crippen LogP contribution in [0.2, 0.25) is 0 Å². The topological polar surface area (TPSA) is 91.1 Å². The number of methoxy groups -OCH3 is 1. The number of phenols is 1. The molecule has 8 heteroatoms. The van der Waals surface area contributed by atoms with Crippen molar-refractivity contribution in [2.75, 3.05) is 45.1 Å². The Morgan fingerprint density at radius 2 is 1.38 bits per heavy atom. The van der Waals surface area contributed by atoms with Gasteiger partial charge in [-0.3, -0.25) is 9.36 Å². The number of ether oxygens (including phenoxy) is 1. The predicted molar refractivity (Wildman–Crippen MR) is 167 cm³/mol. The van der Waals surface area contributed by atoms with Crippen molar-refractivity contribution in [1.29, 1.82) is 0 Å². The van der Waals surface area contributed by atoms with E-state index in [-0.39, 0.29) is 23.0 Å². The van der Waals surface area contributed by atoms with Crippen molar-refractivity contribution in [3.63, 3.8) is 0 Å². The maximum Gasteiger partial charge on any atom is 0.264 e. The third-order valence-electron chi connectivity index (χ3n) is 7.22. The molecule has 0 bridgehead atoms. The van der Waals surface area contributed by atoms with Crippen molar-refractivity contribution in [2.45, 2.75) is 6.61 Å². The molecule has 0 fully saturated rings. The van der Waals surface area contributed by atoms with Crippen molar-refractivity contribution in [3.05, 3.63) is 102 Å². The van der Waals surface area contributed by atoms with Gasteiger partial charge in [0, 0.05) is 67.4 Å². The SMILES string of the molecule is COc1cc(-c2nc(-c3ccc(N(C)C)cc3)c(-c3ccc(N(C)C)cc3)n2C(=O)c2ccccc2)cc(CO)c1O. The number of rotatable bonds is 8. The normalized spacial score (nSPS) is 10.9. The van der Waals surface area contributed by atoms with Crippen LogP contribution in [0, 0.1) is 0 Å². The van der Waals surface area contributed by atoms with E-state index in [0.29, 0.717) is 28.3 Å². The molecule has 8 nitrogen and oxygen atoms in total. The number of aliphatic hydroxyl groups excluding tert-OH is 1. The molecule has 0 saturated heterocycles. The molecule has 0 aliphatic carbocycles.